The van der Waals surface area contributed by atoms with E-state index in [1.54, 1.807) is 7.11 Å². The number of carboxylic acid groups (broad SMARTS) is 1. The summed E-state index contributed by atoms with van der Waals surface area (Å²) >= 11 is 3.51. The summed E-state index contributed by atoms with van der Waals surface area (Å²) in [4.78, 5) is 15.2. The smallest absolute Gasteiger partial charge is 0.304 e. The van der Waals surface area contributed by atoms with Crippen molar-refractivity contribution in [2.24, 2.45) is 0 Å². The maximum absolute atomic E-state index is 10.6. The van der Waals surface area contributed by atoms with Gasteiger partial charge in [-0.15, -0.1) is 0 Å². The fourth-order valence-electron chi connectivity index (χ4n) is 2.49. The van der Waals surface area contributed by atoms with Gasteiger partial charge in [0.05, 0.1) is 18.0 Å². The van der Waals surface area contributed by atoms with Crippen LogP contribution in [0.2, 0.25) is 0 Å². The van der Waals surface area contributed by atoms with E-state index in [1.165, 1.54) is 5.56 Å². The maximum atomic E-state index is 10.6. The molecule has 0 aromatic heterocycles. The Morgan fingerprint density at radius 1 is 1.29 bits per heavy atom. The lowest BCUT2D eigenvalue weighted by Gasteiger charge is -2.34. The van der Waals surface area contributed by atoms with E-state index in [4.69, 9.17) is 9.84 Å². The molecule has 0 atom stereocenters. The van der Waals surface area contributed by atoms with E-state index in [-0.39, 0.29) is 6.42 Å². The van der Waals surface area contributed by atoms with Crippen LogP contribution in [0.3, 0.4) is 0 Å². The van der Waals surface area contributed by atoms with Crippen molar-refractivity contribution in [2.75, 3.05) is 39.8 Å². The molecule has 1 fully saturated rings. The van der Waals surface area contributed by atoms with Gasteiger partial charge in [0, 0.05) is 39.3 Å². The Morgan fingerprint density at radius 2 is 1.95 bits per heavy atom. The monoisotopic (exact) mass is 356 g/mol. The van der Waals surface area contributed by atoms with Gasteiger partial charge in [0.2, 0.25) is 0 Å². The van der Waals surface area contributed by atoms with E-state index in [1.807, 2.05) is 6.07 Å². The van der Waals surface area contributed by atoms with E-state index in [2.05, 4.69) is 37.9 Å². The third kappa shape index (κ3) is 4.98. The van der Waals surface area contributed by atoms with Gasteiger partial charge < -0.3 is 14.7 Å². The highest BCUT2D eigenvalue weighted by Crippen LogP contribution is 2.26. The van der Waals surface area contributed by atoms with Gasteiger partial charge in [0.15, 0.2) is 0 Å². The summed E-state index contributed by atoms with van der Waals surface area (Å²) in [5.41, 5.74) is 1.25. The van der Waals surface area contributed by atoms with Gasteiger partial charge >= 0.3 is 5.97 Å². The summed E-state index contributed by atoms with van der Waals surface area (Å²) in [7, 11) is 1.66. The minimum atomic E-state index is -0.722. The number of nitrogens with zero attached hydrogens (tertiary/aromatic N) is 2. The van der Waals surface area contributed by atoms with Gasteiger partial charge in [0.25, 0.3) is 0 Å². The summed E-state index contributed by atoms with van der Waals surface area (Å²) in [6, 6.07) is 6.15. The summed E-state index contributed by atoms with van der Waals surface area (Å²) in [5, 5.41) is 8.71. The van der Waals surface area contributed by atoms with Crippen LogP contribution in [-0.4, -0.2) is 60.7 Å². The second-order valence-electron chi connectivity index (χ2n) is 5.23. The number of halogens is 1. The number of rotatable bonds is 6. The number of piperazine rings is 1. The number of benzene rings is 1. The lowest BCUT2D eigenvalue weighted by atomic mass is 10.2. The van der Waals surface area contributed by atoms with Crippen molar-refractivity contribution in [1.82, 2.24) is 9.80 Å². The van der Waals surface area contributed by atoms with Crippen LogP contribution in [0.1, 0.15) is 12.0 Å². The van der Waals surface area contributed by atoms with Gasteiger partial charge in [-0.2, -0.15) is 0 Å². The molecule has 21 heavy (non-hydrogen) atoms. The molecule has 2 rings (SSSR count). The van der Waals surface area contributed by atoms with Crippen molar-refractivity contribution in [3.8, 4) is 5.75 Å². The quantitative estimate of drug-likeness (QED) is 0.845. The molecule has 1 heterocycles. The molecule has 116 valence electrons. The van der Waals surface area contributed by atoms with Crippen LogP contribution in [0.5, 0.6) is 5.75 Å². The van der Waals surface area contributed by atoms with Gasteiger partial charge in [-0.1, -0.05) is 6.07 Å². The molecule has 1 aliphatic heterocycles. The lowest BCUT2D eigenvalue weighted by molar-refractivity contribution is -0.137. The average Bonchev–Trinajstić information content (AvgIpc) is 2.47. The molecular formula is C15H21BrN2O3. The number of aliphatic carboxylic acids is 1. The molecule has 5 nitrogen and oxygen atoms in total. The molecule has 0 saturated carbocycles. The van der Waals surface area contributed by atoms with Gasteiger partial charge in [-0.05, 0) is 33.6 Å². The normalized spacial score (nSPS) is 16.9. The first-order valence-electron chi connectivity index (χ1n) is 7.07. The van der Waals surface area contributed by atoms with Gasteiger partial charge in [-0.25, -0.2) is 0 Å². The fraction of sp³-hybridized carbons (Fsp3) is 0.533. The molecule has 1 aromatic rings. The van der Waals surface area contributed by atoms with Crippen molar-refractivity contribution >= 4 is 21.9 Å². The predicted molar refractivity (Wildman–Crippen MR) is 84.7 cm³/mol. The van der Waals surface area contributed by atoms with E-state index >= 15 is 0 Å². The Morgan fingerprint density at radius 3 is 2.52 bits per heavy atom. The molecule has 0 bridgehead atoms. The van der Waals surface area contributed by atoms with Crippen LogP contribution < -0.4 is 4.74 Å². The second-order valence-corrected chi connectivity index (χ2v) is 6.08. The summed E-state index contributed by atoms with van der Waals surface area (Å²) in [6.07, 6.45) is 0.228. The predicted octanol–water partition coefficient (Wildman–Crippen LogP) is 2.05. The van der Waals surface area contributed by atoms with E-state index in [0.29, 0.717) is 6.54 Å². The van der Waals surface area contributed by atoms with Crippen LogP contribution in [-0.2, 0) is 11.3 Å². The topological polar surface area (TPSA) is 53.0 Å². The highest BCUT2D eigenvalue weighted by molar-refractivity contribution is 9.10. The zero-order valence-corrected chi connectivity index (χ0v) is 13.8. The zero-order chi connectivity index (χ0) is 15.2. The zero-order valence-electron chi connectivity index (χ0n) is 12.2. The minimum absolute atomic E-state index is 0.228. The van der Waals surface area contributed by atoms with Crippen molar-refractivity contribution < 1.29 is 14.6 Å². The van der Waals surface area contributed by atoms with Crippen molar-refractivity contribution in [3.05, 3.63) is 28.2 Å². The fourth-order valence-corrected chi connectivity index (χ4v) is 3.08. The number of ether oxygens (including phenoxy) is 1. The molecule has 1 aliphatic rings. The Labute approximate surface area is 133 Å². The van der Waals surface area contributed by atoms with Crippen LogP contribution in [0.15, 0.2) is 22.7 Å². The van der Waals surface area contributed by atoms with Crippen LogP contribution >= 0.6 is 15.9 Å². The number of hydrogen-bond donors (Lipinski definition) is 1. The van der Waals surface area contributed by atoms with Crippen molar-refractivity contribution in [3.63, 3.8) is 0 Å². The Bertz CT molecular complexity index is 488. The Hall–Kier alpha value is -1.11. The number of hydrogen-bond acceptors (Lipinski definition) is 4. The van der Waals surface area contributed by atoms with E-state index in [0.717, 1.165) is 42.9 Å². The van der Waals surface area contributed by atoms with Gasteiger partial charge in [-0.3, -0.25) is 9.69 Å². The summed E-state index contributed by atoms with van der Waals surface area (Å²) in [5.74, 6) is 0.123. The third-order valence-corrected chi connectivity index (χ3v) is 4.35. The van der Waals surface area contributed by atoms with Gasteiger partial charge in [0.1, 0.15) is 5.75 Å². The molecule has 6 heteroatoms. The van der Waals surface area contributed by atoms with Crippen LogP contribution in [0.4, 0.5) is 0 Å². The lowest BCUT2D eigenvalue weighted by Crippen LogP contribution is -2.46. The number of carboxylic acids is 1. The van der Waals surface area contributed by atoms with E-state index < -0.39 is 5.97 Å². The molecule has 1 aromatic carbocycles. The first kappa shape index (κ1) is 16.3. The molecule has 1 N–H and O–H groups in total. The van der Waals surface area contributed by atoms with Crippen LogP contribution in [0.25, 0.3) is 0 Å². The van der Waals surface area contributed by atoms with E-state index in [9.17, 15) is 4.79 Å². The molecule has 1 saturated heterocycles. The largest absolute Gasteiger partial charge is 0.496 e. The molecule has 0 unspecified atom stereocenters. The van der Waals surface area contributed by atoms with Crippen molar-refractivity contribution in [2.45, 2.75) is 13.0 Å². The minimum Gasteiger partial charge on any atom is -0.496 e. The Kier molecular flexibility index (Phi) is 6.02. The highest BCUT2D eigenvalue weighted by atomic mass is 79.9. The first-order chi connectivity index (χ1) is 10.1. The number of carbonyl (C=O) groups is 1. The highest BCUT2D eigenvalue weighted by Gasteiger charge is 2.17. The number of methoxy groups -OCH3 is 1. The van der Waals surface area contributed by atoms with Crippen molar-refractivity contribution in [1.29, 1.82) is 0 Å². The molecule has 0 spiro atoms. The Balaban J connectivity index is 1.80. The average molecular weight is 357 g/mol. The molecule has 0 amide bonds. The standard InChI is InChI=1S/C15H21BrN2O3/c1-21-14-3-2-12(10-13(14)16)11-18-8-6-17(7-9-18)5-4-15(19)20/h2-3,10H,4-9,11H2,1H3,(H,19,20). The second kappa shape index (κ2) is 7.77. The molecule has 0 aliphatic carbocycles. The van der Waals surface area contributed by atoms with Crippen LogP contribution in [0, 0.1) is 0 Å². The summed E-state index contributed by atoms with van der Waals surface area (Å²) < 4.78 is 6.21. The third-order valence-electron chi connectivity index (χ3n) is 3.73. The maximum Gasteiger partial charge on any atom is 0.304 e. The molecular weight excluding hydrogens is 336 g/mol. The first-order valence-corrected chi connectivity index (χ1v) is 7.86. The SMILES string of the molecule is COc1ccc(CN2CCN(CCC(=O)O)CC2)cc1Br. The molecule has 0 radical (unpaired) electrons. The summed E-state index contributed by atoms with van der Waals surface area (Å²) in [6.45, 7) is 5.38.